The summed E-state index contributed by atoms with van der Waals surface area (Å²) < 4.78 is 26.5. The van der Waals surface area contributed by atoms with Crippen LogP contribution in [0.15, 0.2) is 38.5 Å². The first-order valence-electron chi connectivity index (χ1n) is 8.36. The van der Waals surface area contributed by atoms with Crippen LogP contribution in [-0.4, -0.2) is 60.9 Å². The number of thioether (sulfide) groups is 1. The highest BCUT2D eigenvalue weighted by molar-refractivity contribution is 9.10. The molecule has 0 aliphatic carbocycles. The van der Waals surface area contributed by atoms with Gasteiger partial charge in [-0.15, -0.1) is 11.3 Å². The number of rotatable bonds is 6. The molecule has 1 amide bonds. The summed E-state index contributed by atoms with van der Waals surface area (Å²) in [5.74, 6) is 0.833. The molecule has 2 aromatic rings. The molecule has 1 aliphatic heterocycles. The zero-order valence-corrected chi connectivity index (χ0v) is 18.8. The number of aromatic nitrogens is 1. The number of benzene rings is 1. The Bertz CT molecular complexity index is 892. The van der Waals surface area contributed by atoms with Gasteiger partial charge in [-0.05, 0) is 17.7 Å². The number of amides is 1. The highest BCUT2D eigenvalue weighted by atomic mass is 79.9. The smallest absolute Gasteiger partial charge is 0.228 e. The summed E-state index contributed by atoms with van der Waals surface area (Å²) in [4.78, 5) is 18.7. The summed E-state index contributed by atoms with van der Waals surface area (Å²) in [6.07, 6.45) is 1.46. The predicted octanol–water partition coefficient (Wildman–Crippen LogP) is 2.84. The Hall–Kier alpha value is -0.940. The van der Waals surface area contributed by atoms with Crippen LogP contribution in [0.3, 0.4) is 0 Å². The Labute approximate surface area is 176 Å². The fraction of sp³-hybridized carbons (Fsp3) is 0.412. The van der Waals surface area contributed by atoms with Crippen molar-refractivity contribution in [3.8, 4) is 0 Å². The maximum absolute atomic E-state index is 12.5. The second-order valence-electron chi connectivity index (χ2n) is 6.24. The molecule has 27 heavy (non-hydrogen) atoms. The Balaban J connectivity index is 1.49. The highest BCUT2D eigenvalue weighted by Crippen LogP contribution is 2.27. The molecule has 1 saturated heterocycles. The average Bonchev–Trinajstić information content (AvgIpc) is 3.08. The molecule has 0 saturated carbocycles. The SMILES string of the molecule is CS(=O)(=O)N1CCN(C(=O)Cc2csc(SCc3ccc(Br)cc3)n2)CC1. The van der Waals surface area contributed by atoms with Gasteiger partial charge in [0.1, 0.15) is 4.34 Å². The van der Waals surface area contributed by atoms with E-state index in [0.29, 0.717) is 26.2 Å². The average molecular weight is 490 g/mol. The van der Waals surface area contributed by atoms with Crippen molar-refractivity contribution in [2.75, 3.05) is 32.4 Å². The lowest BCUT2D eigenvalue weighted by atomic mass is 10.2. The van der Waals surface area contributed by atoms with Crippen molar-refractivity contribution in [2.24, 2.45) is 0 Å². The van der Waals surface area contributed by atoms with Gasteiger partial charge in [0.05, 0.1) is 18.4 Å². The summed E-state index contributed by atoms with van der Waals surface area (Å²) in [5, 5.41) is 1.93. The third-order valence-corrected chi connectivity index (χ3v) is 8.17. The van der Waals surface area contributed by atoms with E-state index in [2.05, 4.69) is 33.0 Å². The fourth-order valence-electron chi connectivity index (χ4n) is 2.70. The topological polar surface area (TPSA) is 70.6 Å². The first-order chi connectivity index (χ1) is 12.8. The summed E-state index contributed by atoms with van der Waals surface area (Å²) >= 11 is 6.64. The van der Waals surface area contributed by atoms with Crippen molar-refractivity contribution in [2.45, 2.75) is 16.5 Å². The number of carbonyl (C=O) groups excluding carboxylic acids is 1. The predicted molar refractivity (Wildman–Crippen MR) is 113 cm³/mol. The number of hydrogen-bond acceptors (Lipinski definition) is 6. The van der Waals surface area contributed by atoms with Crippen LogP contribution in [0.2, 0.25) is 0 Å². The number of sulfonamides is 1. The van der Waals surface area contributed by atoms with Gasteiger partial charge >= 0.3 is 0 Å². The van der Waals surface area contributed by atoms with Crippen LogP contribution >= 0.6 is 39.0 Å². The molecular weight excluding hydrogens is 470 g/mol. The number of halogens is 1. The van der Waals surface area contributed by atoms with E-state index in [1.54, 1.807) is 28.0 Å². The van der Waals surface area contributed by atoms with Crippen LogP contribution in [0.25, 0.3) is 0 Å². The van der Waals surface area contributed by atoms with Crippen molar-refractivity contribution in [3.05, 3.63) is 45.4 Å². The van der Waals surface area contributed by atoms with Gasteiger partial charge in [0, 0.05) is 41.8 Å². The summed E-state index contributed by atoms with van der Waals surface area (Å²) in [6.45, 7) is 1.58. The third-order valence-electron chi connectivity index (χ3n) is 4.20. The monoisotopic (exact) mass is 489 g/mol. The van der Waals surface area contributed by atoms with E-state index < -0.39 is 10.0 Å². The molecule has 146 valence electrons. The summed E-state index contributed by atoms with van der Waals surface area (Å²) in [7, 11) is -3.18. The molecule has 0 unspecified atom stereocenters. The van der Waals surface area contributed by atoms with Gasteiger partial charge in [0.2, 0.25) is 15.9 Å². The summed E-state index contributed by atoms with van der Waals surface area (Å²) in [6, 6.07) is 8.19. The molecule has 10 heteroatoms. The second-order valence-corrected chi connectivity index (χ2v) is 11.2. The van der Waals surface area contributed by atoms with E-state index in [-0.39, 0.29) is 12.3 Å². The van der Waals surface area contributed by atoms with Crippen LogP contribution in [0.1, 0.15) is 11.3 Å². The molecule has 2 heterocycles. The van der Waals surface area contributed by atoms with E-state index in [9.17, 15) is 13.2 Å². The van der Waals surface area contributed by atoms with Gasteiger partial charge in [0.15, 0.2) is 0 Å². The maximum atomic E-state index is 12.5. The molecule has 1 fully saturated rings. The van der Waals surface area contributed by atoms with Crippen LogP contribution in [0, 0.1) is 0 Å². The zero-order chi connectivity index (χ0) is 19.4. The van der Waals surface area contributed by atoms with Crippen LogP contribution < -0.4 is 0 Å². The van der Waals surface area contributed by atoms with Crippen molar-refractivity contribution in [3.63, 3.8) is 0 Å². The van der Waals surface area contributed by atoms with Gasteiger partial charge < -0.3 is 4.90 Å². The Morgan fingerprint density at radius 1 is 1.22 bits per heavy atom. The number of thiazole rings is 1. The van der Waals surface area contributed by atoms with Crippen LogP contribution in [-0.2, 0) is 27.0 Å². The van der Waals surface area contributed by atoms with E-state index >= 15 is 0 Å². The molecule has 3 rings (SSSR count). The second kappa shape index (κ2) is 9.04. The minimum Gasteiger partial charge on any atom is -0.340 e. The molecule has 1 aromatic heterocycles. The Morgan fingerprint density at radius 2 is 1.89 bits per heavy atom. The van der Waals surface area contributed by atoms with Crippen molar-refractivity contribution < 1.29 is 13.2 Å². The minimum absolute atomic E-state index is 0.00193. The van der Waals surface area contributed by atoms with Gasteiger partial charge in [-0.25, -0.2) is 13.4 Å². The normalized spacial score (nSPS) is 15.9. The van der Waals surface area contributed by atoms with Crippen molar-refractivity contribution in [1.82, 2.24) is 14.2 Å². The first kappa shape index (κ1) is 20.8. The molecule has 1 aromatic carbocycles. The van der Waals surface area contributed by atoms with E-state index in [1.165, 1.54) is 16.1 Å². The largest absolute Gasteiger partial charge is 0.340 e. The molecule has 0 N–H and O–H groups in total. The van der Waals surface area contributed by atoms with Crippen LogP contribution in [0.5, 0.6) is 0 Å². The zero-order valence-electron chi connectivity index (χ0n) is 14.8. The fourth-order valence-corrected chi connectivity index (χ4v) is 5.59. The lowest BCUT2D eigenvalue weighted by Gasteiger charge is -2.33. The van der Waals surface area contributed by atoms with E-state index in [4.69, 9.17) is 0 Å². The number of hydrogen-bond donors (Lipinski definition) is 0. The first-order valence-corrected chi connectivity index (χ1v) is 12.9. The number of nitrogens with zero attached hydrogens (tertiary/aromatic N) is 3. The number of carbonyl (C=O) groups is 1. The molecule has 1 aliphatic rings. The quantitative estimate of drug-likeness (QED) is 0.583. The van der Waals surface area contributed by atoms with E-state index in [1.807, 2.05) is 17.5 Å². The molecular formula is C17H20BrN3O3S3. The van der Waals surface area contributed by atoms with Gasteiger partial charge in [-0.3, -0.25) is 4.79 Å². The standard InChI is InChI=1S/C17H20BrN3O3S3/c1-27(23,24)21-8-6-20(7-9-21)16(22)10-15-12-26-17(19-15)25-11-13-2-4-14(18)5-3-13/h2-5,12H,6-11H2,1H3. The lowest BCUT2D eigenvalue weighted by molar-refractivity contribution is -0.131. The Morgan fingerprint density at radius 3 is 2.52 bits per heavy atom. The molecule has 0 spiro atoms. The lowest BCUT2D eigenvalue weighted by Crippen LogP contribution is -2.50. The molecule has 0 radical (unpaired) electrons. The molecule has 0 bridgehead atoms. The van der Waals surface area contributed by atoms with Crippen LogP contribution in [0.4, 0.5) is 0 Å². The Kier molecular flexibility index (Phi) is 6.96. The van der Waals surface area contributed by atoms with Gasteiger partial charge in [0.25, 0.3) is 0 Å². The number of piperazine rings is 1. The maximum Gasteiger partial charge on any atom is 0.228 e. The molecule has 6 nitrogen and oxygen atoms in total. The summed E-state index contributed by atoms with van der Waals surface area (Å²) in [5.41, 5.74) is 1.99. The highest BCUT2D eigenvalue weighted by Gasteiger charge is 2.26. The third kappa shape index (κ3) is 6.02. The minimum atomic E-state index is -3.18. The van der Waals surface area contributed by atoms with Gasteiger partial charge in [-0.2, -0.15) is 4.31 Å². The van der Waals surface area contributed by atoms with Crippen molar-refractivity contribution >= 4 is 55.0 Å². The molecule has 0 atom stereocenters. The van der Waals surface area contributed by atoms with E-state index in [0.717, 1.165) is 20.3 Å². The van der Waals surface area contributed by atoms with Crippen molar-refractivity contribution in [1.29, 1.82) is 0 Å². The van der Waals surface area contributed by atoms with Gasteiger partial charge in [-0.1, -0.05) is 39.8 Å².